The van der Waals surface area contributed by atoms with E-state index in [1.54, 1.807) is 18.2 Å². The van der Waals surface area contributed by atoms with Crippen LogP contribution >= 0.6 is 0 Å². The van der Waals surface area contributed by atoms with Crippen LogP contribution in [-0.2, 0) is 17.7 Å². The molecule has 12 nitrogen and oxygen atoms in total. The average molecular weight is 666 g/mol. The summed E-state index contributed by atoms with van der Waals surface area (Å²) in [5.41, 5.74) is 3.96. The first-order chi connectivity index (χ1) is 23.8. The molecule has 252 valence electrons. The van der Waals surface area contributed by atoms with Gasteiger partial charge in [-0.15, -0.1) is 10.2 Å². The van der Waals surface area contributed by atoms with Gasteiger partial charge in [-0.2, -0.15) is 5.26 Å². The van der Waals surface area contributed by atoms with Gasteiger partial charge in [-0.1, -0.05) is 26.0 Å². The van der Waals surface area contributed by atoms with E-state index < -0.39 is 11.6 Å². The molecule has 0 radical (unpaired) electrons. The van der Waals surface area contributed by atoms with Gasteiger partial charge in [0, 0.05) is 37.8 Å². The molecule has 0 unspecified atom stereocenters. The molecule has 5 heterocycles. The van der Waals surface area contributed by atoms with Crippen molar-refractivity contribution in [2.75, 3.05) is 31.6 Å². The Bertz CT molecular complexity index is 2140. The third-order valence-corrected chi connectivity index (χ3v) is 9.16. The van der Waals surface area contributed by atoms with Gasteiger partial charge in [0.2, 0.25) is 11.8 Å². The van der Waals surface area contributed by atoms with Crippen molar-refractivity contribution in [2.45, 2.75) is 58.4 Å². The number of nitriles is 1. The summed E-state index contributed by atoms with van der Waals surface area (Å²) in [5.74, 6) is 0.0389. The molecule has 5 aromatic rings. The molecule has 2 N–H and O–H groups in total. The molecule has 2 aliphatic heterocycles. The maximum absolute atomic E-state index is 14.4. The molecular formula is C36H36FN7O5. The van der Waals surface area contributed by atoms with E-state index in [0.717, 1.165) is 44.6 Å². The second-order valence-corrected chi connectivity index (χ2v) is 12.8. The Labute approximate surface area is 281 Å². The molecule has 0 spiro atoms. The molecule has 1 fully saturated rings. The first-order valence-electron chi connectivity index (χ1n) is 16.6. The number of nitrogens with zero attached hydrogens (tertiary/aromatic N) is 5. The summed E-state index contributed by atoms with van der Waals surface area (Å²) < 4.78 is 33.3. The molecule has 7 rings (SSSR count). The second-order valence-electron chi connectivity index (χ2n) is 12.8. The van der Waals surface area contributed by atoms with E-state index >= 15 is 0 Å². The Morgan fingerprint density at radius 1 is 1.02 bits per heavy atom. The van der Waals surface area contributed by atoms with E-state index in [4.69, 9.17) is 23.8 Å². The number of carbonyl (C=O) groups excluding carboxylic acids is 1. The SMILES string of the molecule is CC(C)c1nnc(-c2c(CCC3CCOCC3)nc3c(c2-c2ccc4c(c2)oc(=O)n4Cc2ccc(C#N)c(F)c2)C(=O)NCCCN3)o1. The van der Waals surface area contributed by atoms with Gasteiger partial charge in [-0.05, 0) is 73.4 Å². The second kappa shape index (κ2) is 13.6. The van der Waals surface area contributed by atoms with Gasteiger partial charge < -0.3 is 24.2 Å². The van der Waals surface area contributed by atoms with E-state index in [1.807, 2.05) is 26.0 Å². The number of ether oxygens (including phenoxy) is 1. The monoisotopic (exact) mass is 665 g/mol. The van der Waals surface area contributed by atoms with Gasteiger partial charge in [-0.25, -0.2) is 14.2 Å². The van der Waals surface area contributed by atoms with Crippen LogP contribution in [0.5, 0.6) is 0 Å². The van der Waals surface area contributed by atoms with Crippen molar-refractivity contribution in [1.82, 2.24) is 25.1 Å². The largest absolute Gasteiger partial charge is 0.420 e. The van der Waals surface area contributed by atoms with Crippen molar-refractivity contribution >= 4 is 22.8 Å². The quantitative estimate of drug-likeness (QED) is 0.207. The molecule has 49 heavy (non-hydrogen) atoms. The summed E-state index contributed by atoms with van der Waals surface area (Å²) >= 11 is 0. The molecule has 0 saturated carbocycles. The van der Waals surface area contributed by atoms with Gasteiger partial charge in [-0.3, -0.25) is 9.36 Å². The summed E-state index contributed by atoms with van der Waals surface area (Å²) in [6.07, 6.45) is 4.14. The summed E-state index contributed by atoms with van der Waals surface area (Å²) in [6.45, 7) is 6.52. The molecule has 2 aliphatic rings. The molecular weight excluding hydrogens is 629 g/mol. The van der Waals surface area contributed by atoms with Crippen molar-refractivity contribution in [3.05, 3.63) is 81.0 Å². The lowest BCUT2D eigenvalue weighted by atomic mass is 9.88. The highest BCUT2D eigenvalue weighted by Gasteiger charge is 2.31. The third kappa shape index (κ3) is 6.44. The van der Waals surface area contributed by atoms with Crippen LogP contribution in [0.15, 0.2) is 50.0 Å². The number of nitrogens with one attached hydrogen (secondary N) is 2. The summed E-state index contributed by atoms with van der Waals surface area (Å²) in [6, 6.07) is 11.3. The highest BCUT2D eigenvalue weighted by atomic mass is 19.1. The minimum absolute atomic E-state index is 0.0207. The highest BCUT2D eigenvalue weighted by molar-refractivity contribution is 6.09. The van der Waals surface area contributed by atoms with Crippen LogP contribution in [0, 0.1) is 23.1 Å². The number of aryl methyl sites for hydroxylation is 1. The van der Waals surface area contributed by atoms with E-state index in [9.17, 15) is 14.0 Å². The van der Waals surface area contributed by atoms with Crippen molar-refractivity contribution in [1.29, 1.82) is 5.26 Å². The summed E-state index contributed by atoms with van der Waals surface area (Å²) in [5, 5.41) is 24.3. The van der Waals surface area contributed by atoms with Crippen LogP contribution < -0.4 is 16.4 Å². The minimum Gasteiger partial charge on any atom is -0.420 e. The van der Waals surface area contributed by atoms with E-state index in [0.29, 0.717) is 70.5 Å². The van der Waals surface area contributed by atoms with E-state index in [2.05, 4.69) is 20.8 Å². The first kappa shape index (κ1) is 32.2. The highest BCUT2D eigenvalue weighted by Crippen LogP contribution is 2.42. The fourth-order valence-electron chi connectivity index (χ4n) is 6.52. The first-order valence-corrected chi connectivity index (χ1v) is 16.6. The summed E-state index contributed by atoms with van der Waals surface area (Å²) in [7, 11) is 0. The van der Waals surface area contributed by atoms with Crippen molar-refractivity contribution in [3.8, 4) is 28.7 Å². The normalized spacial score (nSPS) is 15.4. The standard InChI is InChI=1S/C36H36FN7O5/c1-20(2)34-42-43-35(49-34)30-26(8-5-21-10-14-47-15-11-21)41-32-31(33(45)40-13-3-12-39-32)29(30)23-7-9-27-28(17-23)48-36(46)44(27)19-22-4-6-24(18-38)25(37)16-22/h4,6-7,9,16-17,20-21H,3,5,8,10-15,19H2,1-2H3,(H,39,41)(H,40,45). The van der Waals surface area contributed by atoms with Gasteiger partial charge in [0.05, 0.1) is 34.4 Å². The fraction of sp³-hybridized carbons (Fsp3) is 0.389. The number of benzene rings is 2. The Morgan fingerprint density at radius 2 is 1.84 bits per heavy atom. The summed E-state index contributed by atoms with van der Waals surface area (Å²) in [4.78, 5) is 32.1. The van der Waals surface area contributed by atoms with Gasteiger partial charge >= 0.3 is 5.76 Å². The zero-order chi connectivity index (χ0) is 34.1. The van der Waals surface area contributed by atoms with Crippen LogP contribution in [0.3, 0.4) is 0 Å². The number of halogens is 1. The van der Waals surface area contributed by atoms with Gasteiger partial charge in [0.15, 0.2) is 5.58 Å². The molecule has 0 atom stereocenters. The Kier molecular flexibility index (Phi) is 8.97. The number of fused-ring (bicyclic) bond motifs is 2. The Balaban J connectivity index is 1.40. The maximum Gasteiger partial charge on any atom is 0.420 e. The Hall–Kier alpha value is -5.35. The fourth-order valence-corrected chi connectivity index (χ4v) is 6.52. The number of pyridine rings is 1. The molecule has 2 aromatic carbocycles. The topological polar surface area (TPSA) is 161 Å². The van der Waals surface area contributed by atoms with Crippen LogP contribution in [0.25, 0.3) is 33.7 Å². The lowest BCUT2D eigenvalue weighted by molar-refractivity contribution is 0.0639. The molecule has 0 aliphatic carbocycles. The number of hydrogen-bond donors (Lipinski definition) is 2. The lowest BCUT2D eigenvalue weighted by Crippen LogP contribution is -2.31. The number of aromatic nitrogens is 4. The van der Waals surface area contributed by atoms with Crippen LogP contribution in [0.1, 0.15) is 78.5 Å². The predicted molar refractivity (Wildman–Crippen MR) is 179 cm³/mol. The molecule has 13 heteroatoms. The van der Waals surface area contributed by atoms with E-state index in [1.165, 1.54) is 16.7 Å². The number of oxazole rings is 1. The maximum atomic E-state index is 14.4. The number of carbonyl (C=O) groups is 1. The Morgan fingerprint density at radius 3 is 2.59 bits per heavy atom. The molecule has 3 aromatic heterocycles. The third-order valence-electron chi connectivity index (χ3n) is 9.16. The van der Waals surface area contributed by atoms with Crippen LogP contribution in [0.2, 0.25) is 0 Å². The average Bonchev–Trinajstić information content (AvgIpc) is 3.70. The predicted octanol–water partition coefficient (Wildman–Crippen LogP) is 5.79. The molecule has 0 bridgehead atoms. The van der Waals surface area contributed by atoms with Crippen LogP contribution in [0.4, 0.5) is 10.2 Å². The van der Waals surface area contributed by atoms with Gasteiger partial charge in [0.1, 0.15) is 17.7 Å². The lowest BCUT2D eigenvalue weighted by Gasteiger charge is -2.24. The smallest absolute Gasteiger partial charge is 0.420 e. The zero-order valence-electron chi connectivity index (χ0n) is 27.3. The van der Waals surface area contributed by atoms with E-state index in [-0.39, 0.29) is 35.4 Å². The van der Waals surface area contributed by atoms with Crippen molar-refractivity contribution < 1.29 is 22.8 Å². The van der Waals surface area contributed by atoms with Gasteiger partial charge in [0.25, 0.3) is 5.91 Å². The zero-order valence-corrected chi connectivity index (χ0v) is 27.3. The molecule has 1 saturated heterocycles. The number of amides is 1. The molecule has 1 amide bonds. The van der Waals surface area contributed by atoms with Crippen LogP contribution in [-0.4, -0.2) is 52.0 Å². The van der Waals surface area contributed by atoms with Crippen molar-refractivity contribution in [2.24, 2.45) is 5.92 Å². The van der Waals surface area contributed by atoms with Crippen molar-refractivity contribution in [3.63, 3.8) is 0 Å². The minimum atomic E-state index is -0.661. The number of rotatable bonds is 8. The number of anilines is 1. The number of hydrogen-bond acceptors (Lipinski definition) is 10.